The van der Waals surface area contributed by atoms with E-state index in [2.05, 4.69) is 0 Å². The third-order valence-corrected chi connectivity index (χ3v) is 3.66. The molecule has 2 rings (SSSR count). The lowest BCUT2D eigenvalue weighted by atomic mass is 9.91. The van der Waals surface area contributed by atoms with E-state index in [0.717, 1.165) is 16.1 Å². The molecule has 2 atom stereocenters. The fourth-order valence-corrected chi connectivity index (χ4v) is 2.26. The zero-order valence-corrected chi connectivity index (χ0v) is 11.1. The average Bonchev–Trinajstić information content (AvgIpc) is 2.41. The van der Waals surface area contributed by atoms with Crippen molar-refractivity contribution < 1.29 is 5.11 Å². The van der Waals surface area contributed by atoms with E-state index in [1.165, 1.54) is 0 Å². The molecule has 2 aromatic rings. The number of hydrogen-bond donors (Lipinski definition) is 1. The molecule has 0 heterocycles. The summed E-state index contributed by atoms with van der Waals surface area (Å²) < 4.78 is 0. The number of benzene rings is 2. The van der Waals surface area contributed by atoms with E-state index in [9.17, 15) is 5.11 Å². The highest BCUT2D eigenvalue weighted by Crippen LogP contribution is 2.24. The van der Waals surface area contributed by atoms with E-state index < -0.39 is 6.10 Å². The van der Waals surface area contributed by atoms with E-state index in [4.69, 9.17) is 11.6 Å². The standard InChI is InChI=1S/C16H17ClO/c1-12(13-7-3-2-4-8-13)16(18)11-14-9-5-6-10-15(14)17/h2-10,12,16,18H,11H2,1H3. The molecule has 0 aliphatic carbocycles. The van der Waals surface area contributed by atoms with Gasteiger partial charge in [-0.05, 0) is 17.2 Å². The minimum atomic E-state index is -0.424. The smallest absolute Gasteiger partial charge is 0.0646 e. The van der Waals surface area contributed by atoms with Crippen LogP contribution in [0.3, 0.4) is 0 Å². The van der Waals surface area contributed by atoms with Crippen molar-refractivity contribution in [3.05, 3.63) is 70.7 Å². The highest BCUT2D eigenvalue weighted by atomic mass is 35.5. The van der Waals surface area contributed by atoms with Crippen LogP contribution >= 0.6 is 11.6 Å². The van der Waals surface area contributed by atoms with E-state index in [0.29, 0.717) is 6.42 Å². The van der Waals surface area contributed by atoms with Crippen molar-refractivity contribution in [1.29, 1.82) is 0 Å². The van der Waals surface area contributed by atoms with Crippen LogP contribution in [-0.2, 0) is 6.42 Å². The zero-order valence-electron chi connectivity index (χ0n) is 10.4. The molecule has 0 amide bonds. The summed E-state index contributed by atoms with van der Waals surface area (Å²) in [6, 6.07) is 17.7. The maximum Gasteiger partial charge on any atom is 0.0646 e. The fourth-order valence-electron chi connectivity index (χ4n) is 2.04. The highest BCUT2D eigenvalue weighted by molar-refractivity contribution is 6.31. The van der Waals surface area contributed by atoms with Gasteiger partial charge < -0.3 is 5.11 Å². The third-order valence-electron chi connectivity index (χ3n) is 3.29. The summed E-state index contributed by atoms with van der Waals surface area (Å²) in [5.74, 6) is 0.0995. The molecular formula is C16H17ClO. The van der Waals surface area contributed by atoms with Gasteiger partial charge in [-0.1, -0.05) is 67.1 Å². The summed E-state index contributed by atoms with van der Waals surface area (Å²) in [5, 5.41) is 11.0. The number of hydrogen-bond acceptors (Lipinski definition) is 1. The lowest BCUT2D eigenvalue weighted by Gasteiger charge is -2.19. The molecule has 0 aliphatic rings. The predicted octanol–water partition coefficient (Wildman–Crippen LogP) is 4.05. The number of aliphatic hydroxyl groups excluding tert-OH is 1. The molecule has 0 aromatic heterocycles. The largest absolute Gasteiger partial charge is 0.392 e. The fraction of sp³-hybridized carbons (Fsp3) is 0.250. The van der Waals surface area contributed by atoms with Crippen LogP contribution in [0.2, 0.25) is 5.02 Å². The molecule has 18 heavy (non-hydrogen) atoms. The van der Waals surface area contributed by atoms with Gasteiger partial charge in [0.05, 0.1) is 6.10 Å². The second-order valence-corrected chi connectivity index (χ2v) is 4.97. The number of aliphatic hydroxyl groups is 1. The van der Waals surface area contributed by atoms with Gasteiger partial charge in [-0.2, -0.15) is 0 Å². The Labute approximate surface area is 113 Å². The molecule has 1 nitrogen and oxygen atoms in total. The van der Waals surface area contributed by atoms with Gasteiger partial charge in [-0.15, -0.1) is 0 Å². The second-order valence-electron chi connectivity index (χ2n) is 4.56. The van der Waals surface area contributed by atoms with Crippen molar-refractivity contribution in [1.82, 2.24) is 0 Å². The first kappa shape index (κ1) is 13.1. The van der Waals surface area contributed by atoms with Crippen molar-refractivity contribution in [3.63, 3.8) is 0 Å². The van der Waals surface area contributed by atoms with Crippen LogP contribution in [0.15, 0.2) is 54.6 Å². The molecule has 0 saturated heterocycles. The zero-order chi connectivity index (χ0) is 13.0. The molecular weight excluding hydrogens is 244 g/mol. The van der Waals surface area contributed by atoms with Gasteiger partial charge in [-0.3, -0.25) is 0 Å². The summed E-state index contributed by atoms with van der Waals surface area (Å²) >= 11 is 6.11. The summed E-state index contributed by atoms with van der Waals surface area (Å²) in [4.78, 5) is 0. The quantitative estimate of drug-likeness (QED) is 0.879. The summed E-state index contributed by atoms with van der Waals surface area (Å²) in [6.45, 7) is 2.04. The minimum absolute atomic E-state index is 0.0995. The van der Waals surface area contributed by atoms with Crippen molar-refractivity contribution in [2.75, 3.05) is 0 Å². The van der Waals surface area contributed by atoms with E-state index in [1.807, 2.05) is 61.5 Å². The Morgan fingerprint density at radius 2 is 1.61 bits per heavy atom. The van der Waals surface area contributed by atoms with Crippen molar-refractivity contribution in [3.8, 4) is 0 Å². The minimum Gasteiger partial charge on any atom is -0.392 e. The topological polar surface area (TPSA) is 20.2 Å². The molecule has 94 valence electrons. The van der Waals surface area contributed by atoms with Gasteiger partial charge in [0.25, 0.3) is 0 Å². The molecule has 2 aromatic carbocycles. The SMILES string of the molecule is CC(c1ccccc1)C(O)Cc1ccccc1Cl. The van der Waals surface area contributed by atoms with E-state index in [1.54, 1.807) is 0 Å². The number of halogens is 1. The van der Waals surface area contributed by atoms with Gasteiger partial charge in [0.2, 0.25) is 0 Å². The summed E-state index contributed by atoms with van der Waals surface area (Å²) in [6.07, 6.45) is 0.155. The molecule has 0 fully saturated rings. The molecule has 0 aliphatic heterocycles. The maximum atomic E-state index is 10.3. The Morgan fingerprint density at radius 1 is 1.00 bits per heavy atom. The molecule has 2 heteroatoms. The third kappa shape index (κ3) is 3.12. The van der Waals surface area contributed by atoms with Gasteiger partial charge in [0.15, 0.2) is 0 Å². The lowest BCUT2D eigenvalue weighted by Crippen LogP contribution is -2.18. The Balaban J connectivity index is 2.09. The predicted molar refractivity (Wildman–Crippen MR) is 76.0 cm³/mol. The monoisotopic (exact) mass is 260 g/mol. The second kappa shape index (κ2) is 6.03. The first-order valence-electron chi connectivity index (χ1n) is 6.15. The Kier molecular flexibility index (Phi) is 4.40. The molecule has 0 radical (unpaired) electrons. The van der Waals surface area contributed by atoms with Gasteiger partial charge in [0, 0.05) is 17.4 Å². The van der Waals surface area contributed by atoms with E-state index in [-0.39, 0.29) is 5.92 Å². The van der Waals surface area contributed by atoms with Crippen LogP contribution < -0.4 is 0 Å². The molecule has 0 bridgehead atoms. The van der Waals surface area contributed by atoms with Crippen molar-refractivity contribution in [2.45, 2.75) is 25.4 Å². The number of rotatable bonds is 4. The summed E-state index contributed by atoms with van der Waals surface area (Å²) in [5.41, 5.74) is 2.14. The molecule has 2 unspecified atom stereocenters. The summed E-state index contributed by atoms with van der Waals surface area (Å²) in [7, 11) is 0. The van der Waals surface area contributed by atoms with Gasteiger partial charge in [-0.25, -0.2) is 0 Å². The Hall–Kier alpha value is -1.31. The Morgan fingerprint density at radius 3 is 2.28 bits per heavy atom. The normalized spacial score (nSPS) is 14.2. The molecule has 0 spiro atoms. The van der Waals surface area contributed by atoms with Crippen LogP contribution in [0.4, 0.5) is 0 Å². The van der Waals surface area contributed by atoms with Crippen LogP contribution in [-0.4, -0.2) is 11.2 Å². The van der Waals surface area contributed by atoms with Gasteiger partial charge in [0.1, 0.15) is 0 Å². The lowest BCUT2D eigenvalue weighted by molar-refractivity contribution is 0.149. The van der Waals surface area contributed by atoms with Crippen molar-refractivity contribution in [2.24, 2.45) is 0 Å². The average molecular weight is 261 g/mol. The van der Waals surface area contributed by atoms with Gasteiger partial charge >= 0.3 is 0 Å². The van der Waals surface area contributed by atoms with Crippen molar-refractivity contribution >= 4 is 11.6 Å². The van der Waals surface area contributed by atoms with Crippen LogP contribution in [0, 0.1) is 0 Å². The Bertz CT molecular complexity index is 495. The first-order chi connectivity index (χ1) is 8.68. The van der Waals surface area contributed by atoms with E-state index >= 15 is 0 Å². The van der Waals surface area contributed by atoms with Crippen LogP contribution in [0.5, 0.6) is 0 Å². The highest BCUT2D eigenvalue weighted by Gasteiger charge is 2.17. The van der Waals surface area contributed by atoms with Crippen LogP contribution in [0.25, 0.3) is 0 Å². The molecule has 1 N–H and O–H groups in total. The van der Waals surface area contributed by atoms with Crippen LogP contribution in [0.1, 0.15) is 24.0 Å². The first-order valence-corrected chi connectivity index (χ1v) is 6.52. The molecule has 0 saturated carbocycles. The maximum absolute atomic E-state index is 10.3.